The number of carbonyl (C=O) groups is 2. The fourth-order valence-electron chi connectivity index (χ4n) is 4.79. The van der Waals surface area contributed by atoms with E-state index in [-0.39, 0.29) is 17.9 Å². The number of piperidine rings is 1. The number of carbonyl (C=O) groups excluding carboxylic acids is 2. The van der Waals surface area contributed by atoms with Crippen LogP contribution in [0.3, 0.4) is 0 Å². The van der Waals surface area contributed by atoms with Gasteiger partial charge in [0.2, 0.25) is 0 Å². The highest BCUT2D eigenvalue weighted by Gasteiger charge is 2.32. The molecule has 2 fully saturated rings. The minimum absolute atomic E-state index is 0.0778. The van der Waals surface area contributed by atoms with Crippen LogP contribution in [0.1, 0.15) is 68.4 Å². The van der Waals surface area contributed by atoms with Crippen molar-refractivity contribution in [3.05, 3.63) is 47.8 Å². The summed E-state index contributed by atoms with van der Waals surface area (Å²) in [5, 5.41) is 7.72. The molecule has 1 aromatic carbocycles. The molecule has 8 heteroatoms. The number of aromatic nitrogens is 2. The van der Waals surface area contributed by atoms with Crippen LogP contribution in [0.15, 0.2) is 36.5 Å². The topological polar surface area (TPSA) is 79.7 Å². The standard InChI is InChI=1S/C26H37N5O3/c1-26(2,3)34-25(33)30-16-11-20(12-17-30)23-22(19-28-31(23)21-9-5-4-6-10-21)24(32)27-13-18-29-14-7-8-15-29/h4-6,9-10,19-20H,7-8,11-18H2,1-3H3,(H,27,32). The summed E-state index contributed by atoms with van der Waals surface area (Å²) in [4.78, 5) is 29.9. The molecule has 0 unspecified atom stereocenters. The number of benzene rings is 1. The molecule has 4 rings (SSSR count). The predicted octanol–water partition coefficient (Wildman–Crippen LogP) is 3.81. The van der Waals surface area contributed by atoms with E-state index in [4.69, 9.17) is 4.74 Å². The fourth-order valence-corrected chi connectivity index (χ4v) is 4.79. The van der Waals surface area contributed by atoms with Crippen LogP contribution in [-0.2, 0) is 4.74 Å². The summed E-state index contributed by atoms with van der Waals surface area (Å²) in [5.74, 6) is 0.0478. The number of hydrogen-bond acceptors (Lipinski definition) is 5. The van der Waals surface area contributed by atoms with Crippen LogP contribution in [0.2, 0.25) is 0 Å². The van der Waals surface area contributed by atoms with Crippen molar-refractivity contribution in [3.63, 3.8) is 0 Å². The quantitative estimate of drug-likeness (QED) is 0.699. The van der Waals surface area contributed by atoms with Gasteiger partial charge >= 0.3 is 6.09 Å². The van der Waals surface area contributed by atoms with E-state index in [1.165, 1.54) is 12.8 Å². The second-order valence-corrected chi connectivity index (χ2v) is 10.2. The van der Waals surface area contributed by atoms with E-state index >= 15 is 0 Å². The molecule has 2 aliphatic heterocycles. The third-order valence-electron chi connectivity index (χ3n) is 6.50. The number of nitrogens with one attached hydrogen (secondary N) is 1. The number of para-hydroxylation sites is 1. The zero-order chi connectivity index (χ0) is 24.1. The molecule has 2 saturated heterocycles. The van der Waals surface area contributed by atoms with Gasteiger partial charge in [0, 0.05) is 32.1 Å². The van der Waals surface area contributed by atoms with Crippen molar-refractivity contribution in [1.82, 2.24) is 24.9 Å². The number of rotatable bonds is 6. The molecule has 2 aliphatic rings. The highest BCUT2D eigenvalue weighted by atomic mass is 16.6. The van der Waals surface area contributed by atoms with E-state index in [2.05, 4.69) is 15.3 Å². The summed E-state index contributed by atoms with van der Waals surface area (Å²) in [6.45, 7) is 10.6. The molecule has 0 atom stereocenters. The molecule has 0 saturated carbocycles. The van der Waals surface area contributed by atoms with E-state index in [9.17, 15) is 9.59 Å². The number of amides is 2. The first-order chi connectivity index (χ1) is 16.3. The van der Waals surface area contributed by atoms with Crippen LogP contribution in [0.5, 0.6) is 0 Å². The molecular weight excluding hydrogens is 430 g/mol. The summed E-state index contributed by atoms with van der Waals surface area (Å²) in [5.41, 5.74) is 1.97. The Labute approximate surface area is 202 Å². The number of likely N-dealkylation sites (tertiary alicyclic amines) is 2. The Morgan fingerprint density at radius 3 is 2.38 bits per heavy atom. The lowest BCUT2D eigenvalue weighted by molar-refractivity contribution is 0.0203. The fraction of sp³-hybridized carbons (Fsp3) is 0.577. The van der Waals surface area contributed by atoms with Crippen molar-refractivity contribution in [3.8, 4) is 5.69 Å². The molecule has 0 bridgehead atoms. The van der Waals surface area contributed by atoms with Gasteiger partial charge in [-0.3, -0.25) is 4.79 Å². The van der Waals surface area contributed by atoms with Gasteiger partial charge in [0.25, 0.3) is 5.91 Å². The van der Waals surface area contributed by atoms with Gasteiger partial charge < -0.3 is 19.9 Å². The average molecular weight is 468 g/mol. The summed E-state index contributed by atoms with van der Waals surface area (Å²) >= 11 is 0. The lowest BCUT2D eigenvalue weighted by Crippen LogP contribution is -2.41. The second kappa shape index (κ2) is 10.6. The average Bonchev–Trinajstić information content (AvgIpc) is 3.49. The molecular formula is C26H37N5O3. The Balaban J connectivity index is 1.49. The van der Waals surface area contributed by atoms with Crippen molar-refractivity contribution in [2.24, 2.45) is 0 Å². The molecule has 0 radical (unpaired) electrons. The van der Waals surface area contributed by atoms with Gasteiger partial charge in [0.1, 0.15) is 5.60 Å². The summed E-state index contributed by atoms with van der Waals surface area (Å²) in [7, 11) is 0. The van der Waals surface area contributed by atoms with Crippen molar-refractivity contribution < 1.29 is 14.3 Å². The Kier molecular flexibility index (Phi) is 7.56. The van der Waals surface area contributed by atoms with E-state index in [1.807, 2.05) is 55.8 Å². The van der Waals surface area contributed by atoms with E-state index < -0.39 is 5.60 Å². The Hall–Kier alpha value is -2.87. The molecule has 0 aliphatic carbocycles. The first-order valence-electron chi connectivity index (χ1n) is 12.4. The third-order valence-corrected chi connectivity index (χ3v) is 6.50. The maximum absolute atomic E-state index is 13.2. The molecule has 0 spiro atoms. The molecule has 184 valence electrons. The smallest absolute Gasteiger partial charge is 0.410 e. The van der Waals surface area contributed by atoms with Crippen molar-refractivity contribution in [2.45, 2.75) is 58.0 Å². The molecule has 2 amide bonds. The van der Waals surface area contributed by atoms with Gasteiger partial charge in [-0.1, -0.05) is 18.2 Å². The number of ether oxygens (including phenoxy) is 1. The number of hydrogen-bond donors (Lipinski definition) is 1. The SMILES string of the molecule is CC(C)(C)OC(=O)N1CCC(c2c(C(=O)NCCN3CCCC3)cnn2-c2ccccc2)CC1. The Bertz CT molecular complexity index is 968. The van der Waals surface area contributed by atoms with E-state index in [1.54, 1.807) is 11.1 Å². The molecule has 8 nitrogen and oxygen atoms in total. The monoisotopic (exact) mass is 467 g/mol. The van der Waals surface area contributed by atoms with Gasteiger partial charge in [-0.05, 0) is 71.7 Å². The lowest BCUT2D eigenvalue weighted by Gasteiger charge is -2.34. The number of nitrogens with zero attached hydrogens (tertiary/aromatic N) is 4. The Morgan fingerprint density at radius 1 is 1.06 bits per heavy atom. The van der Waals surface area contributed by atoms with Crippen LogP contribution < -0.4 is 5.32 Å². The second-order valence-electron chi connectivity index (χ2n) is 10.2. The van der Waals surface area contributed by atoms with Gasteiger partial charge in [0.05, 0.1) is 23.1 Å². The zero-order valence-electron chi connectivity index (χ0n) is 20.6. The van der Waals surface area contributed by atoms with Gasteiger partial charge in [0.15, 0.2) is 0 Å². The first-order valence-corrected chi connectivity index (χ1v) is 12.4. The molecule has 2 aromatic rings. The van der Waals surface area contributed by atoms with Crippen molar-refractivity contribution >= 4 is 12.0 Å². The molecule has 3 heterocycles. The van der Waals surface area contributed by atoms with Crippen molar-refractivity contribution in [1.29, 1.82) is 0 Å². The molecule has 1 aromatic heterocycles. The highest BCUT2D eigenvalue weighted by Crippen LogP contribution is 2.32. The molecule has 34 heavy (non-hydrogen) atoms. The Morgan fingerprint density at radius 2 is 1.74 bits per heavy atom. The summed E-state index contributed by atoms with van der Waals surface area (Å²) in [6.07, 6.45) is 5.40. The third kappa shape index (κ3) is 5.97. The minimum Gasteiger partial charge on any atom is -0.444 e. The van der Waals surface area contributed by atoms with Crippen LogP contribution in [-0.4, -0.2) is 76.5 Å². The first kappa shape index (κ1) is 24.3. The van der Waals surface area contributed by atoms with Crippen LogP contribution in [0.4, 0.5) is 4.79 Å². The van der Waals surface area contributed by atoms with E-state index in [0.717, 1.165) is 43.9 Å². The van der Waals surface area contributed by atoms with Crippen molar-refractivity contribution in [2.75, 3.05) is 39.3 Å². The largest absolute Gasteiger partial charge is 0.444 e. The van der Waals surface area contributed by atoms with Crippen LogP contribution in [0, 0.1) is 0 Å². The maximum atomic E-state index is 13.2. The van der Waals surface area contributed by atoms with Crippen LogP contribution >= 0.6 is 0 Å². The van der Waals surface area contributed by atoms with Gasteiger partial charge in [-0.15, -0.1) is 0 Å². The van der Waals surface area contributed by atoms with Gasteiger partial charge in [-0.25, -0.2) is 9.48 Å². The predicted molar refractivity (Wildman–Crippen MR) is 131 cm³/mol. The highest BCUT2D eigenvalue weighted by molar-refractivity contribution is 5.95. The lowest BCUT2D eigenvalue weighted by atomic mass is 9.91. The van der Waals surface area contributed by atoms with Crippen LogP contribution in [0.25, 0.3) is 5.69 Å². The molecule has 1 N–H and O–H groups in total. The van der Waals surface area contributed by atoms with E-state index in [0.29, 0.717) is 25.2 Å². The zero-order valence-corrected chi connectivity index (χ0v) is 20.6. The summed E-state index contributed by atoms with van der Waals surface area (Å²) in [6, 6.07) is 9.92. The van der Waals surface area contributed by atoms with Gasteiger partial charge in [-0.2, -0.15) is 5.10 Å². The summed E-state index contributed by atoms with van der Waals surface area (Å²) < 4.78 is 7.44. The minimum atomic E-state index is -0.514. The maximum Gasteiger partial charge on any atom is 0.410 e. The normalized spacial score (nSPS) is 17.7.